The first-order chi connectivity index (χ1) is 10.8. The summed E-state index contributed by atoms with van der Waals surface area (Å²) in [5.74, 6) is -0.688. The molecule has 25 heavy (non-hydrogen) atoms. The molecule has 0 atom stereocenters. The van der Waals surface area contributed by atoms with Crippen LogP contribution in [0.25, 0.3) is 0 Å². The highest BCUT2D eigenvalue weighted by atomic mass is 17.2. The Kier molecular flexibility index (Phi) is 9.94. The smallest absolute Gasteiger partial charge is 0.297 e. The summed E-state index contributed by atoms with van der Waals surface area (Å²) >= 11 is 0. The van der Waals surface area contributed by atoms with E-state index in [1.807, 2.05) is 41.5 Å². The van der Waals surface area contributed by atoms with Crippen LogP contribution < -0.4 is 0 Å². The minimum atomic E-state index is -0.510. The number of hydrogen-bond donors (Lipinski definition) is 0. The zero-order chi connectivity index (χ0) is 20.7. The molecule has 0 aliphatic carbocycles. The van der Waals surface area contributed by atoms with Crippen LogP contribution in [0.15, 0.2) is 0 Å². The largest absolute Gasteiger partial charge is 0.347 e. The van der Waals surface area contributed by atoms with E-state index in [-0.39, 0.29) is 11.9 Å². The summed E-state index contributed by atoms with van der Waals surface area (Å²) in [6.45, 7) is 21.9. The van der Waals surface area contributed by atoms with Crippen LogP contribution in [0.3, 0.4) is 0 Å². The van der Waals surface area contributed by atoms with E-state index < -0.39 is 22.0 Å². The summed E-state index contributed by atoms with van der Waals surface area (Å²) in [4.78, 5) is 41.7. The maximum absolute atomic E-state index is 11.3. The predicted octanol–water partition coefficient (Wildman–Crippen LogP) is 5.00. The van der Waals surface area contributed by atoms with Gasteiger partial charge in [-0.05, 0) is 82.6 Å². The van der Waals surface area contributed by atoms with E-state index in [1.54, 1.807) is 41.5 Å². The van der Waals surface area contributed by atoms with Gasteiger partial charge >= 0.3 is 11.9 Å². The maximum Gasteiger partial charge on any atom is 0.347 e. The highest BCUT2D eigenvalue weighted by Gasteiger charge is 2.28. The van der Waals surface area contributed by atoms with Crippen molar-refractivity contribution in [1.29, 1.82) is 0 Å². The van der Waals surface area contributed by atoms with E-state index in [2.05, 4.69) is 4.89 Å². The van der Waals surface area contributed by atoms with Gasteiger partial charge in [0.25, 0.3) is 0 Å². The van der Waals surface area contributed by atoms with Gasteiger partial charge in [0.05, 0.1) is 10.8 Å². The Morgan fingerprint density at radius 2 is 0.960 bits per heavy atom. The van der Waals surface area contributed by atoms with Gasteiger partial charge in [0, 0.05) is 0 Å². The Morgan fingerprint density at radius 1 is 0.640 bits per heavy atom. The molecule has 0 fully saturated rings. The fourth-order valence-electron chi connectivity index (χ4n) is 0.622. The minimum absolute atomic E-state index is 0.339. The lowest BCUT2D eigenvalue weighted by Crippen LogP contribution is -2.30. The Hall–Kier alpha value is -1.14. The molecule has 0 aliphatic heterocycles. The second-order valence-electron chi connectivity index (χ2n) is 9.63. The van der Waals surface area contributed by atoms with Crippen molar-refractivity contribution in [2.24, 2.45) is 10.8 Å². The molecule has 0 amide bonds. The van der Waals surface area contributed by atoms with Crippen molar-refractivity contribution in [3.63, 3.8) is 0 Å². The van der Waals surface area contributed by atoms with Gasteiger partial charge in [-0.2, -0.15) is 9.78 Å². The van der Waals surface area contributed by atoms with E-state index >= 15 is 0 Å². The van der Waals surface area contributed by atoms with Crippen LogP contribution in [-0.2, 0) is 29.1 Å². The first-order valence-electron chi connectivity index (χ1n) is 8.62. The lowest BCUT2D eigenvalue weighted by Gasteiger charge is -2.23. The van der Waals surface area contributed by atoms with E-state index in [0.717, 1.165) is 6.42 Å². The van der Waals surface area contributed by atoms with Gasteiger partial charge in [0.1, 0.15) is 11.2 Å². The molecule has 0 saturated heterocycles. The molecule has 0 aliphatic rings. The molecule has 0 radical (unpaired) electrons. The third-order valence-electron chi connectivity index (χ3n) is 2.79. The molecule has 0 aromatic carbocycles. The lowest BCUT2D eigenvalue weighted by atomic mass is 9.98. The zero-order valence-electron chi connectivity index (χ0n) is 18.2. The highest BCUT2D eigenvalue weighted by Crippen LogP contribution is 2.20. The van der Waals surface area contributed by atoms with Crippen LogP contribution >= 0.6 is 0 Å². The minimum Gasteiger partial charge on any atom is -0.297 e. The normalized spacial score (nSPS) is 12.8. The Labute approximate surface area is 153 Å². The molecule has 0 heterocycles. The van der Waals surface area contributed by atoms with Crippen molar-refractivity contribution in [3.05, 3.63) is 0 Å². The standard InChI is InChI=1S/C10H20O3.C9H18O3/c1-7-10(5,6)13-12-8(11)9(2,3)4;1-8(2,3)7(10)11-12-9(4,5)6/h7H2,1-6H3;1-6H3. The molecule has 0 unspecified atom stereocenters. The van der Waals surface area contributed by atoms with E-state index in [4.69, 9.17) is 14.7 Å². The number of carbonyl (C=O) groups excluding carboxylic acids is 2. The lowest BCUT2D eigenvalue weighted by molar-refractivity contribution is -0.330. The second-order valence-corrected chi connectivity index (χ2v) is 9.63. The van der Waals surface area contributed by atoms with Gasteiger partial charge in [-0.15, -0.1) is 0 Å². The van der Waals surface area contributed by atoms with Crippen LogP contribution in [0, 0.1) is 10.8 Å². The Balaban J connectivity index is 0. The van der Waals surface area contributed by atoms with Gasteiger partial charge < -0.3 is 0 Å². The van der Waals surface area contributed by atoms with Crippen molar-refractivity contribution >= 4 is 11.9 Å². The zero-order valence-corrected chi connectivity index (χ0v) is 18.2. The number of rotatable bonds is 4. The third-order valence-corrected chi connectivity index (χ3v) is 2.79. The van der Waals surface area contributed by atoms with Crippen molar-refractivity contribution in [1.82, 2.24) is 0 Å². The Bertz CT molecular complexity index is 419. The van der Waals surface area contributed by atoms with Crippen molar-refractivity contribution < 1.29 is 29.1 Å². The van der Waals surface area contributed by atoms with Crippen LogP contribution in [0.2, 0.25) is 0 Å². The third kappa shape index (κ3) is 14.9. The van der Waals surface area contributed by atoms with Gasteiger partial charge in [0.2, 0.25) is 0 Å². The average molecular weight is 363 g/mol. The van der Waals surface area contributed by atoms with Crippen molar-refractivity contribution in [2.75, 3.05) is 0 Å². The fourth-order valence-corrected chi connectivity index (χ4v) is 0.622. The van der Waals surface area contributed by atoms with E-state index in [9.17, 15) is 9.59 Å². The Morgan fingerprint density at radius 3 is 1.20 bits per heavy atom. The van der Waals surface area contributed by atoms with Gasteiger partial charge in [-0.3, -0.25) is 9.78 Å². The molecule has 0 aromatic rings. The summed E-state index contributed by atoms with van der Waals surface area (Å²) in [6.07, 6.45) is 0.796. The second kappa shape index (κ2) is 9.53. The summed E-state index contributed by atoms with van der Waals surface area (Å²) in [5, 5.41) is 0. The quantitative estimate of drug-likeness (QED) is 0.517. The molecule has 6 nitrogen and oxygen atoms in total. The van der Waals surface area contributed by atoms with Gasteiger partial charge in [-0.1, -0.05) is 6.92 Å². The molecule has 0 saturated carbocycles. The number of carbonyl (C=O) groups is 2. The predicted molar refractivity (Wildman–Crippen MR) is 97.4 cm³/mol. The monoisotopic (exact) mass is 362 g/mol. The van der Waals surface area contributed by atoms with Crippen molar-refractivity contribution in [2.45, 2.75) is 101 Å². The van der Waals surface area contributed by atoms with E-state index in [1.165, 1.54) is 0 Å². The maximum atomic E-state index is 11.3. The van der Waals surface area contributed by atoms with Gasteiger partial charge in [-0.25, -0.2) is 9.59 Å². The molecular weight excluding hydrogens is 324 g/mol. The van der Waals surface area contributed by atoms with Gasteiger partial charge in [0.15, 0.2) is 0 Å². The fraction of sp³-hybridized carbons (Fsp3) is 0.895. The summed E-state index contributed by atoms with van der Waals surface area (Å²) in [5.41, 5.74) is -1.86. The van der Waals surface area contributed by atoms with Crippen LogP contribution in [0.1, 0.15) is 89.5 Å². The van der Waals surface area contributed by atoms with Crippen LogP contribution in [-0.4, -0.2) is 23.1 Å². The molecule has 6 heteroatoms. The molecule has 0 spiro atoms. The molecule has 0 rings (SSSR count). The molecular formula is C19H38O6. The molecule has 150 valence electrons. The molecule has 0 bridgehead atoms. The topological polar surface area (TPSA) is 71.1 Å². The SMILES string of the molecule is CC(C)(C)OOC(=O)C(C)(C)C.CCC(C)(C)OOC(=O)C(C)(C)C. The first kappa shape index (κ1) is 26.1. The molecule has 0 aromatic heterocycles. The van der Waals surface area contributed by atoms with Crippen LogP contribution in [0.4, 0.5) is 0 Å². The van der Waals surface area contributed by atoms with Crippen LogP contribution in [0.5, 0.6) is 0 Å². The summed E-state index contributed by atoms with van der Waals surface area (Å²) < 4.78 is 0. The average Bonchev–Trinajstić information content (AvgIpc) is 2.40. The first-order valence-corrected chi connectivity index (χ1v) is 8.62. The van der Waals surface area contributed by atoms with E-state index in [0.29, 0.717) is 0 Å². The summed E-state index contributed by atoms with van der Waals surface area (Å²) in [6, 6.07) is 0. The number of hydrogen-bond acceptors (Lipinski definition) is 6. The molecule has 0 N–H and O–H groups in total. The highest BCUT2D eigenvalue weighted by molar-refractivity contribution is 5.75. The summed E-state index contributed by atoms with van der Waals surface area (Å²) in [7, 11) is 0. The van der Waals surface area contributed by atoms with Crippen molar-refractivity contribution in [3.8, 4) is 0 Å².